The molecule has 3 aromatic rings. The Morgan fingerprint density at radius 1 is 1.17 bits per heavy atom. The molecular weight excluding hydrogens is 244 g/mol. The molecule has 3 rings (SSSR count). The molecule has 0 atom stereocenters. The van der Waals surface area contributed by atoms with Crippen LogP contribution in [0, 0.1) is 11.6 Å². The lowest BCUT2D eigenvalue weighted by molar-refractivity contribution is 0.479. The van der Waals surface area contributed by atoms with E-state index >= 15 is 0 Å². The van der Waals surface area contributed by atoms with Gasteiger partial charge in [0.2, 0.25) is 0 Å². The van der Waals surface area contributed by atoms with Crippen molar-refractivity contribution in [1.29, 1.82) is 0 Å². The lowest BCUT2D eigenvalue weighted by atomic mass is 10.2. The fraction of sp³-hybridized carbons (Fsp3) is 0. The molecule has 0 radical (unpaired) electrons. The molecule has 0 saturated heterocycles. The normalized spacial score (nSPS) is 11.0. The molecule has 0 aliphatic heterocycles. The molecule has 90 valence electrons. The summed E-state index contributed by atoms with van der Waals surface area (Å²) in [6.07, 6.45) is 1.38. The summed E-state index contributed by atoms with van der Waals surface area (Å²) in [6.45, 7) is 0. The van der Waals surface area contributed by atoms with Gasteiger partial charge in [0.15, 0.2) is 17.4 Å². The second-order valence-electron chi connectivity index (χ2n) is 3.57. The summed E-state index contributed by atoms with van der Waals surface area (Å²) < 4.78 is 36.0. The molecule has 4 nitrogen and oxygen atoms in total. The van der Waals surface area contributed by atoms with E-state index < -0.39 is 17.3 Å². The highest BCUT2D eigenvalue weighted by atomic mass is 19.2. The minimum atomic E-state index is -1.12. The van der Waals surface area contributed by atoms with Crippen LogP contribution >= 0.6 is 0 Å². The van der Waals surface area contributed by atoms with Gasteiger partial charge in [0, 0.05) is 6.07 Å². The van der Waals surface area contributed by atoms with Gasteiger partial charge in [-0.15, -0.1) is 0 Å². The van der Waals surface area contributed by atoms with Gasteiger partial charge in [0.1, 0.15) is 0 Å². The highest BCUT2D eigenvalue weighted by Crippen LogP contribution is 2.20. The Balaban J connectivity index is 2.34. The van der Waals surface area contributed by atoms with Gasteiger partial charge in [-0.3, -0.25) is 0 Å². The van der Waals surface area contributed by atoms with Crippen LogP contribution in [0.15, 0.2) is 44.2 Å². The number of rotatable bonds is 1. The monoisotopic (exact) mass is 249 g/mol. The molecule has 0 N–H and O–H groups in total. The van der Waals surface area contributed by atoms with E-state index in [-0.39, 0.29) is 22.6 Å². The minimum Gasteiger partial charge on any atom is -0.459 e. The summed E-state index contributed by atoms with van der Waals surface area (Å²) in [4.78, 5) is 15.5. The largest absolute Gasteiger partial charge is 0.459 e. The van der Waals surface area contributed by atoms with E-state index in [1.54, 1.807) is 6.07 Å². The molecule has 1 aromatic carbocycles. The van der Waals surface area contributed by atoms with Gasteiger partial charge in [-0.1, -0.05) is 0 Å². The molecule has 0 aliphatic carbocycles. The highest BCUT2D eigenvalue weighted by molar-refractivity contribution is 5.78. The molecular formula is C12H5F2NO3. The Kier molecular flexibility index (Phi) is 2.22. The van der Waals surface area contributed by atoms with Gasteiger partial charge in [-0.2, -0.15) is 0 Å². The van der Waals surface area contributed by atoms with E-state index in [1.807, 2.05) is 0 Å². The highest BCUT2D eigenvalue weighted by Gasteiger charge is 2.13. The number of halogens is 2. The van der Waals surface area contributed by atoms with Crippen molar-refractivity contribution in [2.75, 3.05) is 0 Å². The molecule has 0 unspecified atom stereocenters. The molecule has 2 aromatic heterocycles. The SMILES string of the molecule is O=c1oc(-c2ccco2)nc2cc(F)c(F)cc12. The van der Waals surface area contributed by atoms with Crippen LogP contribution in [0.2, 0.25) is 0 Å². The lowest BCUT2D eigenvalue weighted by Gasteiger charge is -1.99. The van der Waals surface area contributed by atoms with E-state index in [0.29, 0.717) is 0 Å². The predicted octanol–water partition coefficient (Wildman–Crippen LogP) is 2.73. The first-order valence-electron chi connectivity index (χ1n) is 4.99. The van der Waals surface area contributed by atoms with Gasteiger partial charge in [0.05, 0.1) is 17.2 Å². The molecule has 2 heterocycles. The Bertz CT molecular complexity index is 778. The number of furan rings is 1. The average molecular weight is 249 g/mol. The topological polar surface area (TPSA) is 56.2 Å². The fourth-order valence-electron chi connectivity index (χ4n) is 1.57. The van der Waals surface area contributed by atoms with Crippen molar-refractivity contribution in [2.45, 2.75) is 0 Å². The van der Waals surface area contributed by atoms with Crippen LogP contribution in [-0.2, 0) is 0 Å². The second-order valence-corrected chi connectivity index (χ2v) is 3.57. The van der Waals surface area contributed by atoms with Crippen LogP contribution in [0.3, 0.4) is 0 Å². The summed E-state index contributed by atoms with van der Waals surface area (Å²) in [5, 5.41) is -0.121. The van der Waals surface area contributed by atoms with E-state index in [9.17, 15) is 13.6 Å². The third-order valence-corrected chi connectivity index (χ3v) is 2.40. The maximum Gasteiger partial charge on any atom is 0.347 e. The van der Waals surface area contributed by atoms with Crippen LogP contribution in [0.5, 0.6) is 0 Å². The molecule has 0 bridgehead atoms. The Morgan fingerprint density at radius 2 is 1.94 bits per heavy atom. The second kappa shape index (κ2) is 3.76. The Hall–Kier alpha value is -2.50. The Morgan fingerprint density at radius 3 is 2.67 bits per heavy atom. The van der Waals surface area contributed by atoms with Gasteiger partial charge in [0.25, 0.3) is 5.89 Å². The predicted molar refractivity (Wildman–Crippen MR) is 57.9 cm³/mol. The van der Waals surface area contributed by atoms with Crippen molar-refractivity contribution >= 4 is 10.9 Å². The lowest BCUT2D eigenvalue weighted by Crippen LogP contribution is -2.04. The van der Waals surface area contributed by atoms with Crippen LogP contribution in [0.25, 0.3) is 22.6 Å². The van der Waals surface area contributed by atoms with Gasteiger partial charge >= 0.3 is 5.63 Å². The van der Waals surface area contributed by atoms with Gasteiger partial charge < -0.3 is 8.83 Å². The Labute approximate surface area is 98.5 Å². The molecule has 0 fully saturated rings. The zero-order chi connectivity index (χ0) is 12.7. The van der Waals surface area contributed by atoms with Crippen molar-refractivity contribution < 1.29 is 17.6 Å². The first-order chi connectivity index (χ1) is 8.65. The standard InChI is InChI=1S/C12H5F2NO3/c13-7-4-6-9(5-8(7)14)15-11(18-12(6)16)10-2-1-3-17-10/h1-5H. The van der Waals surface area contributed by atoms with Crippen molar-refractivity contribution in [2.24, 2.45) is 0 Å². The van der Waals surface area contributed by atoms with E-state index in [2.05, 4.69) is 4.98 Å². The molecule has 0 saturated carbocycles. The maximum atomic E-state index is 13.1. The summed E-state index contributed by atoms with van der Waals surface area (Å²) in [5.41, 5.74) is -0.790. The van der Waals surface area contributed by atoms with Crippen molar-refractivity contribution in [1.82, 2.24) is 4.98 Å². The summed E-state index contributed by atoms with van der Waals surface area (Å²) in [6, 6.07) is 4.73. The van der Waals surface area contributed by atoms with Crippen LogP contribution < -0.4 is 5.63 Å². The number of hydrogen-bond donors (Lipinski definition) is 0. The van der Waals surface area contributed by atoms with Gasteiger partial charge in [-0.05, 0) is 18.2 Å². The average Bonchev–Trinajstić information content (AvgIpc) is 2.85. The first-order valence-corrected chi connectivity index (χ1v) is 4.99. The van der Waals surface area contributed by atoms with Crippen molar-refractivity contribution in [3.63, 3.8) is 0 Å². The number of fused-ring (bicyclic) bond motifs is 1. The van der Waals surface area contributed by atoms with Crippen molar-refractivity contribution in [3.05, 3.63) is 52.6 Å². The summed E-state index contributed by atoms with van der Waals surface area (Å²) >= 11 is 0. The number of hydrogen-bond acceptors (Lipinski definition) is 4. The summed E-state index contributed by atoms with van der Waals surface area (Å²) in [5.74, 6) is -2.05. The zero-order valence-electron chi connectivity index (χ0n) is 8.81. The molecule has 0 spiro atoms. The number of benzene rings is 1. The summed E-state index contributed by atoms with van der Waals surface area (Å²) in [7, 11) is 0. The molecule has 0 aliphatic rings. The van der Waals surface area contributed by atoms with Crippen LogP contribution in [-0.4, -0.2) is 4.98 Å². The fourth-order valence-corrected chi connectivity index (χ4v) is 1.57. The smallest absolute Gasteiger partial charge is 0.347 e. The van der Waals surface area contributed by atoms with E-state index in [0.717, 1.165) is 12.1 Å². The van der Waals surface area contributed by atoms with Gasteiger partial charge in [-0.25, -0.2) is 18.6 Å². The molecule has 6 heteroatoms. The van der Waals surface area contributed by atoms with E-state index in [1.165, 1.54) is 12.3 Å². The zero-order valence-corrected chi connectivity index (χ0v) is 8.81. The third-order valence-electron chi connectivity index (χ3n) is 2.40. The van der Waals surface area contributed by atoms with Crippen LogP contribution in [0.4, 0.5) is 8.78 Å². The van der Waals surface area contributed by atoms with Crippen molar-refractivity contribution in [3.8, 4) is 11.7 Å². The number of nitrogens with zero attached hydrogens (tertiary/aromatic N) is 1. The quantitative estimate of drug-likeness (QED) is 0.665. The van der Waals surface area contributed by atoms with Crippen LogP contribution in [0.1, 0.15) is 0 Å². The minimum absolute atomic E-state index is 0.0107. The first kappa shape index (κ1) is 10.6. The third kappa shape index (κ3) is 1.58. The molecule has 0 amide bonds. The maximum absolute atomic E-state index is 13.1. The molecule has 18 heavy (non-hydrogen) atoms. The number of aromatic nitrogens is 1. The van der Waals surface area contributed by atoms with E-state index in [4.69, 9.17) is 8.83 Å².